The molecule has 2 heteroatoms. The molecule has 0 aromatic heterocycles. The SMILES string of the molecule is CCCC[C@@H](CC)C(=O)OCCC. The predicted octanol–water partition coefficient (Wildman–Crippen LogP) is 3.16. The first-order valence-electron chi connectivity index (χ1n) is 5.42. The van der Waals surface area contributed by atoms with Crippen molar-refractivity contribution in [2.75, 3.05) is 6.61 Å². The van der Waals surface area contributed by atoms with E-state index in [1.807, 2.05) is 13.8 Å². The quantitative estimate of drug-likeness (QED) is 0.571. The summed E-state index contributed by atoms with van der Waals surface area (Å²) >= 11 is 0. The second-order valence-corrected chi connectivity index (χ2v) is 3.41. The van der Waals surface area contributed by atoms with E-state index in [9.17, 15) is 4.79 Å². The number of hydrogen-bond acceptors (Lipinski definition) is 2. The molecular weight excluding hydrogens is 164 g/mol. The summed E-state index contributed by atoms with van der Waals surface area (Å²) in [4.78, 5) is 11.4. The Labute approximate surface area is 81.7 Å². The minimum atomic E-state index is -0.00204. The molecule has 0 radical (unpaired) electrons. The summed E-state index contributed by atoms with van der Waals surface area (Å²) in [6.45, 7) is 6.78. The third-order valence-electron chi connectivity index (χ3n) is 2.18. The molecule has 0 aliphatic carbocycles. The maximum Gasteiger partial charge on any atom is 0.308 e. The van der Waals surface area contributed by atoms with E-state index in [4.69, 9.17) is 4.74 Å². The second-order valence-electron chi connectivity index (χ2n) is 3.41. The molecule has 2 nitrogen and oxygen atoms in total. The Morgan fingerprint density at radius 2 is 1.92 bits per heavy atom. The van der Waals surface area contributed by atoms with E-state index in [2.05, 4.69) is 6.92 Å². The van der Waals surface area contributed by atoms with E-state index < -0.39 is 0 Å². The Balaban J connectivity index is 3.71. The molecule has 13 heavy (non-hydrogen) atoms. The predicted molar refractivity (Wildman–Crippen MR) is 54.6 cm³/mol. The van der Waals surface area contributed by atoms with Crippen LogP contribution in [0.5, 0.6) is 0 Å². The van der Waals surface area contributed by atoms with Crippen molar-refractivity contribution in [2.24, 2.45) is 5.92 Å². The zero-order valence-electron chi connectivity index (χ0n) is 9.14. The highest BCUT2D eigenvalue weighted by molar-refractivity contribution is 5.72. The molecule has 0 saturated heterocycles. The fourth-order valence-electron chi connectivity index (χ4n) is 1.26. The zero-order valence-corrected chi connectivity index (χ0v) is 9.14. The van der Waals surface area contributed by atoms with Crippen LogP contribution in [0.3, 0.4) is 0 Å². The van der Waals surface area contributed by atoms with Gasteiger partial charge in [0, 0.05) is 0 Å². The van der Waals surface area contributed by atoms with Gasteiger partial charge in [-0.25, -0.2) is 0 Å². The topological polar surface area (TPSA) is 26.3 Å². The molecule has 0 rings (SSSR count). The normalized spacial score (nSPS) is 12.5. The number of hydrogen-bond donors (Lipinski definition) is 0. The second kappa shape index (κ2) is 8.09. The summed E-state index contributed by atoms with van der Waals surface area (Å²) < 4.78 is 5.10. The van der Waals surface area contributed by atoms with Crippen molar-refractivity contribution in [1.82, 2.24) is 0 Å². The molecule has 78 valence electrons. The molecule has 0 aliphatic rings. The minimum Gasteiger partial charge on any atom is -0.465 e. The fourth-order valence-corrected chi connectivity index (χ4v) is 1.26. The Hall–Kier alpha value is -0.530. The maximum atomic E-state index is 11.4. The van der Waals surface area contributed by atoms with Crippen LogP contribution in [0, 0.1) is 5.92 Å². The highest BCUT2D eigenvalue weighted by Crippen LogP contribution is 2.14. The van der Waals surface area contributed by atoms with Gasteiger partial charge in [0.05, 0.1) is 12.5 Å². The number of carbonyl (C=O) groups excluding carboxylic acids is 1. The van der Waals surface area contributed by atoms with Gasteiger partial charge in [-0.3, -0.25) is 4.79 Å². The molecule has 0 unspecified atom stereocenters. The summed E-state index contributed by atoms with van der Waals surface area (Å²) in [5.74, 6) is 0.129. The van der Waals surface area contributed by atoms with E-state index in [1.165, 1.54) is 0 Å². The van der Waals surface area contributed by atoms with Gasteiger partial charge in [0.25, 0.3) is 0 Å². The van der Waals surface area contributed by atoms with E-state index in [0.717, 1.165) is 32.1 Å². The number of unbranched alkanes of at least 4 members (excludes halogenated alkanes) is 1. The van der Waals surface area contributed by atoms with Gasteiger partial charge in [-0.2, -0.15) is 0 Å². The molecule has 0 aliphatic heterocycles. The molecule has 0 heterocycles. The molecule has 0 spiro atoms. The molecule has 0 amide bonds. The van der Waals surface area contributed by atoms with Crippen LogP contribution in [-0.4, -0.2) is 12.6 Å². The lowest BCUT2D eigenvalue weighted by Crippen LogP contribution is -2.17. The minimum absolute atomic E-state index is 0.00204. The lowest BCUT2D eigenvalue weighted by Gasteiger charge is -2.12. The van der Waals surface area contributed by atoms with Crippen molar-refractivity contribution in [2.45, 2.75) is 52.9 Å². The van der Waals surface area contributed by atoms with E-state index in [0.29, 0.717) is 6.61 Å². The van der Waals surface area contributed by atoms with Crippen molar-refractivity contribution < 1.29 is 9.53 Å². The third-order valence-corrected chi connectivity index (χ3v) is 2.18. The van der Waals surface area contributed by atoms with E-state index in [1.54, 1.807) is 0 Å². The van der Waals surface area contributed by atoms with Gasteiger partial charge in [0.1, 0.15) is 0 Å². The van der Waals surface area contributed by atoms with Crippen molar-refractivity contribution in [3.05, 3.63) is 0 Å². The van der Waals surface area contributed by atoms with Crippen LogP contribution in [0.15, 0.2) is 0 Å². The standard InChI is InChI=1S/C11H22O2/c1-4-7-8-10(6-3)11(12)13-9-5-2/h10H,4-9H2,1-3H3/t10-/m1/s1. The summed E-state index contributed by atoms with van der Waals surface area (Å²) in [6, 6.07) is 0. The van der Waals surface area contributed by atoms with Crippen molar-refractivity contribution in [1.29, 1.82) is 0 Å². The summed E-state index contributed by atoms with van der Waals surface area (Å²) in [7, 11) is 0. The van der Waals surface area contributed by atoms with Crippen LogP contribution in [0.2, 0.25) is 0 Å². The van der Waals surface area contributed by atoms with Crippen molar-refractivity contribution in [3.8, 4) is 0 Å². The lowest BCUT2D eigenvalue weighted by atomic mass is 10.00. The Morgan fingerprint density at radius 1 is 1.23 bits per heavy atom. The van der Waals surface area contributed by atoms with Crippen LogP contribution >= 0.6 is 0 Å². The van der Waals surface area contributed by atoms with Crippen LogP contribution in [0.25, 0.3) is 0 Å². The molecule has 0 saturated carbocycles. The highest BCUT2D eigenvalue weighted by atomic mass is 16.5. The monoisotopic (exact) mass is 186 g/mol. The first-order valence-corrected chi connectivity index (χ1v) is 5.42. The lowest BCUT2D eigenvalue weighted by molar-refractivity contribution is -0.149. The van der Waals surface area contributed by atoms with Crippen LogP contribution in [0.4, 0.5) is 0 Å². The molecule has 0 aromatic carbocycles. The molecule has 0 fully saturated rings. The van der Waals surface area contributed by atoms with Gasteiger partial charge in [-0.1, -0.05) is 33.6 Å². The Kier molecular flexibility index (Phi) is 7.76. The molecule has 0 aromatic rings. The summed E-state index contributed by atoms with van der Waals surface area (Å²) in [6.07, 6.45) is 5.07. The number of ether oxygens (including phenoxy) is 1. The largest absolute Gasteiger partial charge is 0.465 e. The van der Waals surface area contributed by atoms with Crippen LogP contribution < -0.4 is 0 Å². The van der Waals surface area contributed by atoms with E-state index in [-0.39, 0.29) is 11.9 Å². The average molecular weight is 186 g/mol. The average Bonchev–Trinajstić information content (AvgIpc) is 2.16. The molecule has 0 N–H and O–H groups in total. The van der Waals surface area contributed by atoms with E-state index >= 15 is 0 Å². The Morgan fingerprint density at radius 3 is 2.38 bits per heavy atom. The first-order chi connectivity index (χ1) is 6.26. The number of carbonyl (C=O) groups is 1. The van der Waals surface area contributed by atoms with Crippen LogP contribution in [0.1, 0.15) is 52.9 Å². The third kappa shape index (κ3) is 5.67. The van der Waals surface area contributed by atoms with Crippen molar-refractivity contribution in [3.63, 3.8) is 0 Å². The Bertz CT molecular complexity index is 132. The number of esters is 1. The summed E-state index contributed by atoms with van der Waals surface area (Å²) in [5, 5.41) is 0. The van der Waals surface area contributed by atoms with Gasteiger partial charge >= 0.3 is 5.97 Å². The zero-order chi connectivity index (χ0) is 10.1. The van der Waals surface area contributed by atoms with Crippen LogP contribution in [-0.2, 0) is 9.53 Å². The molecule has 0 bridgehead atoms. The number of rotatable bonds is 7. The maximum absolute atomic E-state index is 11.4. The molecular formula is C11H22O2. The van der Waals surface area contributed by atoms with Gasteiger partial charge in [-0.15, -0.1) is 0 Å². The van der Waals surface area contributed by atoms with Gasteiger partial charge in [0.2, 0.25) is 0 Å². The fraction of sp³-hybridized carbons (Fsp3) is 0.909. The van der Waals surface area contributed by atoms with Crippen molar-refractivity contribution >= 4 is 5.97 Å². The van der Waals surface area contributed by atoms with Gasteiger partial charge in [0.15, 0.2) is 0 Å². The summed E-state index contributed by atoms with van der Waals surface area (Å²) in [5.41, 5.74) is 0. The smallest absolute Gasteiger partial charge is 0.308 e. The van der Waals surface area contributed by atoms with Gasteiger partial charge < -0.3 is 4.74 Å². The highest BCUT2D eigenvalue weighted by Gasteiger charge is 2.16. The van der Waals surface area contributed by atoms with Gasteiger partial charge in [-0.05, 0) is 19.3 Å². The molecule has 1 atom stereocenters. The first kappa shape index (κ1) is 12.5.